The Bertz CT molecular complexity index is 418. The van der Waals surface area contributed by atoms with E-state index in [4.69, 9.17) is 5.73 Å². The number of carbonyl (C=O) groups excluding carboxylic acids is 1. The van der Waals surface area contributed by atoms with Crippen molar-refractivity contribution >= 4 is 5.91 Å². The molecule has 2 atom stereocenters. The first-order valence-corrected chi connectivity index (χ1v) is 7.79. The van der Waals surface area contributed by atoms with Gasteiger partial charge < -0.3 is 10.6 Å². The zero-order chi connectivity index (χ0) is 14.4. The van der Waals surface area contributed by atoms with Gasteiger partial charge in [-0.3, -0.25) is 4.79 Å². The second-order valence-electron chi connectivity index (χ2n) is 5.78. The maximum absolute atomic E-state index is 12.8. The van der Waals surface area contributed by atoms with Gasteiger partial charge >= 0.3 is 0 Å². The van der Waals surface area contributed by atoms with Gasteiger partial charge in [-0.05, 0) is 37.3 Å². The minimum absolute atomic E-state index is 0.148. The molecule has 3 heteroatoms. The van der Waals surface area contributed by atoms with Gasteiger partial charge in [0.1, 0.15) is 0 Å². The molecule has 0 radical (unpaired) electrons. The van der Waals surface area contributed by atoms with Crippen molar-refractivity contribution in [3.63, 3.8) is 0 Å². The van der Waals surface area contributed by atoms with Gasteiger partial charge in [0.2, 0.25) is 5.91 Å². The van der Waals surface area contributed by atoms with Crippen LogP contribution in [-0.2, 0) is 11.3 Å². The summed E-state index contributed by atoms with van der Waals surface area (Å²) >= 11 is 0. The molecule has 1 aliphatic carbocycles. The van der Waals surface area contributed by atoms with Crippen molar-refractivity contribution in [2.24, 2.45) is 17.6 Å². The lowest BCUT2D eigenvalue weighted by Crippen LogP contribution is -2.39. The van der Waals surface area contributed by atoms with Gasteiger partial charge in [-0.25, -0.2) is 0 Å². The van der Waals surface area contributed by atoms with Crippen LogP contribution in [0, 0.1) is 11.8 Å². The van der Waals surface area contributed by atoms with Crippen molar-refractivity contribution in [2.45, 2.75) is 39.2 Å². The summed E-state index contributed by atoms with van der Waals surface area (Å²) in [7, 11) is 0. The Morgan fingerprint density at radius 2 is 2.05 bits per heavy atom. The molecular formula is C17H26N2O. The van der Waals surface area contributed by atoms with Gasteiger partial charge in [0, 0.05) is 19.0 Å². The Hall–Kier alpha value is -1.35. The van der Waals surface area contributed by atoms with Crippen LogP contribution in [-0.4, -0.2) is 23.9 Å². The molecule has 0 aliphatic heterocycles. The minimum Gasteiger partial charge on any atom is -0.338 e. The van der Waals surface area contributed by atoms with E-state index in [1.165, 1.54) is 5.56 Å². The lowest BCUT2D eigenvalue weighted by Gasteiger charge is -2.28. The molecule has 1 aromatic rings. The van der Waals surface area contributed by atoms with E-state index < -0.39 is 0 Å². The van der Waals surface area contributed by atoms with E-state index in [0.29, 0.717) is 18.4 Å². The van der Waals surface area contributed by atoms with Crippen molar-refractivity contribution < 1.29 is 4.79 Å². The fourth-order valence-electron chi connectivity index (χ4n) is 3.22. The van der Waals surface area contributed by atoms with Crippen LogP contribution in [0.5, 0.6) is 0 Å². The third-order valence-corrected chi connectivity index (χ3v) is 4.30. The SMILES string of the molecule is CCCN(Cc1ccccc1)C(=O)[C@@H]1CCC[C@@H]1CN. The molecule has 2 rings (SSSR count). The van der Waals surface area contributed by atoms with Crippen molar-refractivity contribution in [3.05, 3.63) is 35.9 Å². The molecule has 1 aromatic carbocycles. The first kappa shape index (κ1) is 15.0. The topological polar surface area (TPSA) is 46.3 Å². The standard InChI is InChI=1S/C17H26N2O/c1-2-11-19(13-14-7-4-3-5-8-14)17(20)16-10-6-9-15(16)12-18/h3-5,7-8,15-16H,2,6,9-13,18H2,1H3/t15-,16-/m1/s1. The van der Waals surface area contributed by atoms with Crippen LogP contribution in [0.1, 0.15) is 38.2 Å². The van der Waals surface area contributed by atoms with Crippen molar-refractivity contribution in [1.29, 1.82) is 0 Å². The van der Waals surface area contributed by atoms with Crippen LogP contribution in [0.3, 0.4) is 0 Å². The van der Waals surface area contributed by atoms with Crippen LogP contribution in [0.15, 0.2) is 30.3 Å². The molecule has 110 valence electrons. The first-order chi connectivity index (χ1) is 9.76. The van der Waals surface area contributed by atoms with E-state index in [1.54, 1.807) is 0 Å². The largest absolute Gasteiger partial charge is 0.338 e. The number of rotatable bonds is 6. The van der Waals surface area contributed by atoms with Gasteiger partial charge in [-0.2, -0.15) is 0 Å². The highest BCUT2D eigenvalue weighted by molar-refractivity contribution is 5.79. The zero-order valence-corrected chi connectivity index (χ0v) is 12.4. The molecule has 0 unspecified atom stereocenters. The summed E-state index contributed by atoms with van der Waals surface area (Å²) in [5, 5.41) is 0. The second kappa shape index (κ2) is 7.44. The lowest BCUT2D eigenvalue weighted by atomic mass is 9.94. The van der Waals surface area contributed by atoms with Crippen LogP contribution in [0.4, 0.5) is 0 Å². The van der Waals surface area contributed by atoms with Gasteiger partial charge in [0.25, 0.3) is 0 Å². The van der Waals surface area contributed by atoms with E-state index >= 15 is 0 Å². The van der Waals surface area contributed by atoms with E-state index in [9.17, 15) is 4.79 Å². The molecule has 3 nitrogen and oxygen atoms in total. The van der Waals surface area contributed by atoms with Crippen LogP contribution in [0.25, 0.3) is 0 Å². The maximum atomic E-state index is 12.8. The number of carbonyl (C=O) groups is 1. The number of hydrogen-bond acceptors (Lipinski definition) is 2. The molecule has 0 aromatic heterocycles. The molecule has 0 saturated heterocycles. The lowest BCUT2D eigenvalue weighted by molar-refractivity contribution is -0.137. The predicted molar refractivity (Wildman–Crippen MR) is 82.0 cm³/mol. The number of hydrogen-bond donors (Lipinski definition) is 1. The van der Waals surface area contributed by atoms with Crippen LogP contribution < -0.4 is 5.73 Å². The molecular weight excluding hydrogens is 248 g/mol. The normalized spacial score (nSPS) is 21.9. The molecule has 1 saturated carbocycles. The average Bonchev–Trinajstić information content (AvgIpc) is 2.95. The molecule has 1 fully saturated rings. The highest BCUT2D eigenvalue weighted by Gasteiger charge is 2.34. The third kappa shape index (κ3) is 3.60. The summed E-state index contributed by atoms with van der Waals surface area (Å²) < 4.78 is 0. The molecule has 0 spiro atoms. The van der Waals surface area contributed by atoms with Crippen LogP contribution in [0.2, 0.25) is 0 Å². The maximum Gasteiger partial charge on any atom is 0.226 e. The summed E-state index contributed by atoms with van der Waals surface area (Å²) in [6.45, 7) is 4.32. The van der Waals surface area contributed by atoms with Gasteiger partial charge in [-0.1, -0.05) is 43.7 Å². The number of amides is 1. The number of benzene rings is 1. The van der Waals surface area contributed by atoms with Gasteiger partial charge in [-0.15, -0.1) is 0 Å². The molecule has 2 N–H and O–H groups in total. The Morgan fingerprint density at radius 1 is 1.30 bits per heavy atom. The third-order valence-electron chi connectivity index (χ3n) is 4.30. The predicted octanol–water partition coefficient (Wildman–Crippen LogP) is 2.80. The van der Waals surface area contributed by atoms with Crippen LogP contribution >= 0.6 is 0 Å². The van der Waals surface area contributed by atoms with E-state index in [1.807, 2.05) is 23.1 Å². The Balaban J connectivity index is 2.05. The summed E-state index contributed by atoms with van der Waals surface area (Å²) in [6.07, 6.45) is 4.26. The van der Waals surface area contributed by atoms with Crippen molar-refractivity contribution in [1.82, 2.24) is 4.90 Å². The second-order valence-corrected chi connectivity index (χ2v) is 5.78. The molecule has 1 amide bonds. The number of nitrogens with zero attached hydrogens (tertiary/aromatic N) is 1. The van der Waals surface area contributed by atoms with Crippen molar-refractivity contribution in [2.75, 3.05) is 13.1 Å². The highest BCUT2D eigenvalue weighted by Crippen LogP contribution is 2.32. The highest BCUT2D eigenvalue weighted by atomic mass is 16.2. The molecule has 20 heavy (non-hydrogen) atoms. The van der Waals surface area contributed by atoms with E-state index in [-0.39, 0.29) is 5.92 Å². The first-order valence-electron chi connectivity index (χ1n) is 7.79. The van der Waals surface area contributed by atoms with E-state index in [0.717, 1.165) is 38.8 Å². The summed E-state index contributed by atoms with van der Waals surface area (Å²) in [6, 6.07) is 10.2. The van der Waals surface area contributed by atoms with Gasteiger partial charge in [0.05, 0.1) is 0 Å². The van der Waals surface area contributed by atoms with Gasteiger partial charge in [0.15, 0.2) is 0 Å². The Labute approximate surface area is 122 Å². The summed E-state index contributed by atoms with van der Waals surface area (Å²) in [5.41, 5.74) is 7.02. The van der Waals surface area contributed by atoms with E-state index in [2.05, 4.69) is 19.1 Å². The smallest absolute Gasteiger partial charge is 0.226 e. The fourth-order valence-corrected chi connectivity index (χ4v) is 3.22. The Kier molecular flexibility index (Phi) is 5.60. The van der Waals surface area contributed by atoms with Crippen molar-refractivity contribution in [3.8, 4) is 0 Å². The Morgan fingerprint density at radius 3 is 2.70 bits per heavy atom. The summed E-state index contributed by atoms with van der Waals surface area (Å²) in [5.74, 6) is 0.844. The zero-order valence-electron chi connectivity index (χ0n) is 12.4. The molecule has 0 bridgehead atoms. The monoisotopic (exact) mass is 274 g/mol. The molecule has 0 heterocycles. The minimum atomic E-state index is 0.148. The fraction of sp³-hybridized carbons (Fsp3) is 0.588. The number of nitrogens with two attached hydrogens (primary N) is 1. The average molecular weight is 274 g/mol. The molecule has 1 aliphatic rings. The quantitative estimate of drug-likeness (QED) is 0.867. The summed E-state index contributed by atoms with van der Waals surface area (Å²) in [4.78, 5) is 14.8.